The molecule has 4 N–H and O–H groups in total. The number of nitrogens with zero attached hydrogens (tertiary/aromatic N) is 17. The topological polar surface area (TPSA) is 385 Å². The zero-order chi connectivity index (χ0) is 99.2. The van der Waals surface area contributed by atoms with E-state index < -0.39 is 28.4 Å². The van der Waals surface area contributed by atoms with Gasteiger partial charge in [-0.3, -0.25) is 4.79 Å². The van der Waals surface area contributed by atoms with Crippen LogP contribution in [-0.2, 0) is 54.8 Å². The van der Waals surface area contributed by atoms with E-state index in [1.165, 1.54) is 20.7 Å². The fraction of sp³-hybridized carbons (Fsp3) is 0.394. The van der Waals surface area contributed by atoms with Crippen molar-refractivity contribution in [3.8, 4) is 68.5 Å². The fourth-order valence-corrected chi connectivity index (χ4v) is 18.8. The van der Waals surface area contributed by atoms with Crippen LogP contribution in [0.4, 0.5) is 9.59 Å². The molecule has 12 heterocycles. The monoisotopic (exact) mass is 1920 g/mol. The van der Waals surface area contributed by atoms with Gasteiger partial charge in [-0.2, -0.15) is 19.1 Å². The number of carboxylic acid groups (broad SMARTS) is 1. The molecule has 33 heteroatoms. The van der Waals surface area contributed by atoms with Gasteiger partial charge in [-0.05, 0) is 235 Å². The highest BCUT2D eigenvalue weighted by atomic mass is 16.6. The first-order valence-electron chi connectivity index (χ1n) is 49.2. The van der Waals surface area contributed by atoms with E-state index in [4.69, 9.17) is 33.5 Å². The SMILES string of the molecule is CC(=O)CCC[n+]1[nH]nnc1-c1ccc(C2=CC3(CCN(C(=O)OC(C)(C)C)CC3)Oc3ccccc32)cc1.CC(=O)CCCn1nnc(-c2ccc(C3=CC4(CCN(C(=O)OC(C)(C)C)CC4)Oc4ccccc43)cc2)n1.CC(=O)CCCn1nnc(-c2ccc(C3=CC4(CCNCC4)Oc4ccccc43)cc2)n1.O=C(O)CCCn1nnc(-c2ccc(C3=CC4(CCNCC4)Oc4ccccc43)cc2)n1. The first-order valence-corrected chi connectivity index (χ1v) is 49.2. The summed E-state index contributed by atoms with van der Waals surface area (Å²) in [5.74, 6) is 5.68. The molecule has 736 valence electrons. The summed E-state index contributed by atoms with van der Waals surface area (Å²) < 4.78 is 39.2. The molecule has 4 aromatic heterocycles. The van der Waals surface area contributed by atoms with E-state index in [9.17, 15) is 28.8 Å². The Kier molecular flexibility index (Phi) is 30.2. The number of aromatic amines is 1. The lowest BCUT2D eigenvalue weighted by atomic mass is 9.83. The molecular weight excluding hydrogens is 1800 g/mol. The number of likely N-dealkylation sites (tertiary alicyclic amines) is 2. The quantitative estimate of drug-likeness (QED) is 0.0408. The number of rotatable bonds is 24. The maximum atomic E-state index is 12.6. The maximum Gasteiger partial charge on any atom is 0.410 e. The predicted molar refractivity (Wildman–Crippen MR) is 534 cm³/mol. The number of benzene rings is 8. The fourth-order valence-electron chi connectivity index (χ4n) is 18.8. The molecule has 0 unspecified atom stereocenters. The first kappa shape index (κ1) is 98.7. The molecule has 0 bridgehead atoms. The Morgan fingerprint density at radius 2 is 0.648 bits per heavy atom. The number of amides is 2. The predicted octanol–water partition coefficient (Wildman–Crippen LogP) is 16.8. The zero-order valence-corrected chi connectivity index (χ0v) is 82.0. The van der Waals surface area contributed by atoms with Crippen LogP contribution in [0.15, 0.2) is 218 Å². The van der Waals surface area contributed by atoms with Crippen LogP contribution in [0.25, 0.3) is 67.8 Å². The van der Waals surface area contributed by atoms with E-state index in [1.807, 2.05) is 155 Å². The molecule has 33 nitrogen and oxygen atoms in total. The van der Waals surface area contributed by atoms with Crippen LogP contribution < -0.4 is 34.3 Å². The van der Waals surface area contributed by atoms with E-state index >= 15 is 0 Å². The lowest BCUT2D eigenvalue weighted by molar-refractivity contribution is -0.744. The highest BCUT2D eigenvalue weighted by Gasteiger charge is 2.45. The zero-order valence-electron chi connectivity index (χ0n) is 82.0. The normalized spacial score (nSPS) is 16.5. The van der Waals surface area contributed by atoms with Crippen molar-refractivity contribution < 1.29 is 67.0 Å². The number of hydrogen-bond donors (Lipinski definition) is 4. The van der Waals surface area contributed by atoms with Crippen LogP contribution in [0.1, 0.15) is 210 Å². The summed E-state index contributed by atoms with van der Waals surface area (Å²) in [6.07, 6.45) is 19.3. The number of carboxylic acids is 1. The molecule has 8 aliphatic heterocycles. The van der Waals surface area contributed by atoms with Gasteiger partial charge < -0.3 is 68.3 Å². The molecule has 20 rings (SSSR count). The number of aliphatic carboxylic acids is 1. The molecule has 0 saturated carbocycles. The Balaban J connectivity index is 0.000000131. The van der Waals surface area contributed by atoms with Gasteiger partial charge in [0.1, 0.15) is 79.1 Å². The van der Waals surface area contributed by atoms with E-state index in [1.54, 1.807) is 35.4 Å². The van der Waals surface area contributed by atoms with Crippen molar-refractivity contribution in [3.05, 3.63) is 263 Å². The van der Waals surface area contributed by atoms with E-state index in [0.717, 1.165) is 171 Å². The van der Waals surface area contributed by atoms with Crippen LogP contribution in [0.3, 0.4) is 0 Å². The number of nitrogens with one attached hydrogen (secondary N) is 3. The molecule has 142 heavy (non-hydrogen) atoms. The van der Waals surface area contributed by atoms with Crippen LogP contribution in [-0.4, -0.2) is 213 Å². The Hall–Kier alpha value is -14.9. The number of tetrazole rings is 4. The van der Waals surface area contributed by atoms with Gasteiger partial charge in [0.25, 0.3) is 0 Å². The molecule has 0 radical (unpaired) electrons. The van der Waals surface area contributed by atoms with Crippen molar-refractivity contribution in [1.29, 1.82) is 0 Å². The minimum atomic E-state index is -0.823. The smallest absolute Gasteiger partial charge is 0.410 e. The second kappa shape index (κ2) is 43.5. The highest BCUT2D eigenvalue weighted by Crippen LogP contribution is 2.49. The Morgan fingerprint density at radius 1 is 0.366 bits per heavy atom. The van der Waals surface area contributed by atoms with Gasteiger partial charge >= 0.3 is 24.0 Å². The first-order chi connectivity index (χ1) is 68.5. The molecule has 4 fully saturated rings. The molecule has 8 aliphatic rings. The average Bonchev–Trinajstić information content (AvgIpc) is 0.801. The van der Waals surface area contributed by atoms with Crippen molar-refractivity contribution in [3.63, 3.8) is 0 Å². The van der Waals surface area contributed by atoms with Crippen molar-refractivity contribution in [2.24, 2.45) is 0 Å². The van der Waals surface area contributed by atoms with Gasteiger partial charge in [0.05, 0.1) is 31.7 Å². The minimum absolute atomic E-state index is 0.0867. The van der Waals surface area contributed by atoms with Crippen LogP contribution in [0.2, 0.25) is 0 Å². The molecule has 2 amide bonds. The van der Waals surface area contributed by atoms with Crippen LogP contribution in [0.5, 0.6) is 23.0 Å². The summed E-state index contributed by atoms with van der Waals surface area (Å²) in [5, 5.41) is 64.9. The van der Waals surface area contributed by atoms with Gasteiger partial charge in [-0.1, -0.05) is 163 Å². The number of ether oxygens (including phenoxy) is 6. The standard InChI is InChI=1S/2C30H35N5O4.C25H27N5O2.C24H25N5O3/c1-21(36)8-7-17-35-27(31-32-33-35)23-13-11-22(12-14-23)25-20-30(38-26-10-6-5-9-24(25)26)15-18-34(19-16-30)28(37)39-29(2,3)4;1-21(36)8-7-17-35-32-27(31-33-35)23-13-11-22(12-14-23)25-20-30(38-26-10-6-5-9-24(25)26)15-18-34(19-16-30)28(37)39-29(2,3)4;1-18(31)5-4-16-30-28-24(27-29-30)20-10-8-19(9-11-20)22-17-25(12-14-26-15-13-25)32-23-7-3-2-6-21(22)23;30-22(31)6-3-15-29-27-23(26-28-29)18-9-7-17(8-10-18)20-16-24(11-13-25-14-12-24)32-21-5-2-1-4-19(20)21/h2*5-6,9-14,20H,7-8,15-19H2,1-4H3;2-3,6-11,17,26H,4-5,12-16H2,1H3;1-2,4-5,7-10,16,25H,3,6,11-15H2,(H,30,31)/p+1. The lowest BCUT2D eigenvalue weighted by Gasteiger charge is -2.43. The second-order valence-electron chi connectivity index (χ2n) is 39.4. The largest absolute Gasteiger partial charge is 0.482 e. The summed E-state index contributed by atoms with van der Waals surface area (Å²) in [6.45, 7) is 24.4. The third-order valence-electron chi connectivity index (χ3n) is 26.2. The van der Waals surface area contributed by atoms with Gasteiger partial charge in [0, 0.05) is 142 Å². The lowest BCUT2D eigenvalue weighted by Crippen LogP contribution is -2.50. The third-order valence-corrected chi connectivity index (χ3v) is 26.2. The number of para-hydroxylation sites is 4. The van der Waals surface area contributed by atoms with Crippen molar-refractivity contribution in [2.45, 2.75) is 225 Å². The molecule has 8 aromatic carbocycles. The summed E-state index contributed by atoms with van der Waals surface area (Å²) in [6, 6.07) is 65.6. The van der Waals surface area contributed by atoms with E-state index in [-0.39, 0.29) is 47.2 Å². The van der Waals surface area contributed by atoms with Crippen molar-refractivity contribution in [1.82, 2.24) is 96.6 Å². The van der Waals surface area contributed by atoms with Crippen molar-refractivity contribution in [2.75, 3.05) is 52.4 Å². The number of piperidine rings is 4. The van der Waals surface area contributed by atoms with Crippen LogP contribution >= 0.6 is 0 Å². The van der Waals surface area contributed by atoms with Gasteiger partial charge in [-0.25, -0.2) is 9.59 Å². The van der Waals surface area contributed by atoms with Gasteiger partial charge in [0.2, 0.25) is 17.5 Å². The molecule has 4 saturated heterocycles. The second-order valence-corrected chi connectivity index (χ2v) is 39.4. The molecule has 0 atom stereocenters. The molecule has 12 aromatic rings. The summed E-state index contributed by atoms with van der Waals surface area (Å²) in [7, 11) is 0. The van der Waals surface area contributed by atoms with Gasteiger partial charge in [0.15, 0.2) is 5.21 Å². The Bertz CT molecular complexity index is 6450. The Morgan fingerprint density at radius 3 is 0.951 bits per heavy atom. The van der Waals surface area contributed by atoms with Gasteiger partial charge in [-0.15, -0.1) is 30.6 Å². The number of Topliss-reactive ketones (excluding diaryl/α,β-unsaturated/α-hetero) is 3. The highest BCUT2D eigenvalue weighted by molar-refractivity contribution is 5.90. The summed E-state index contributed by atoms with van der Waals surface area (Å²) >= 11 is 0. The van der Waals surface area contributed by atoms with Crippen LogP contribution in [0, 0.1) is 0 Å². The molecule has 0 aliphatic carbocycles. The average molecular weight is 1920 g/mol. The third kappa shape index (κ3) is 24.6. The molecule has 4 spiro atoms. The summed E-state index contributed by atoms with van der Waals surface area (Å²) in [5.41, 5.74) is 14.4. The maximum absolute atomic E-state index is 12.6. The number of aromatic nitrogens is 16. The van der Waals surface area contributed by atoms with E-state index in [2.05, 4.69) is 182 Å². The minimum Gasteiger partial charge on any atom is -0.482 e. The number of carbonyl (C=O) groups excluding carboxylic acids is 5. The number of ketones is 3. The van der Waals surface area contributed by atoms with E-state index in [0.29, 0.717) is 128 Å². The number of H-pyrrole nitrogens is 1. The number of fused-ring (bicyclic) bond motifs is 4. The van der Waals surface area contributed by atoms with Crippen molar-refractivity contribution >= 4 is 57.8 Å². The number of carbonyl (C=O) groups is 6. The Labute approximate surface area is 825 Å². The number of aryl methyl sites for hydroxylation is 4. The number of hydrogen-bond acceptors (Lipinski definition) is 25. The molecular formula is C109H123N20O13+. The summed E-state index contributed by atoms with van der Waals surface area (Å²) in [4.78, 5) is 77.6.